The second-order valence-corrected chi connectivity index (χ2v) is 4.76. The number of ether oxygens (including phenoxy) is 1. The van der Waals surface area contributed by atoms with E-state index < -0.39 is 5.97 Å². The molecule has 2 aromatic heterocycles. The average molecular weight is 293 g/mol. The molecule has 0 radical (unpaired) electrons. The van der Waals surface area contributed by atoms with Gasteiger partial charge in [0.15, 0.2) is 9.82 Å². The van der Waals surface area contributed by atoms with Crippen LogP contribution in [0.1, 0.15) is 17.6 Å². The Morgan fingerprint density at radius 1 is 1.59 bits per heavy atom. The summed E-state index contributed by atoms with van der Waals surface area (Å²) in [6.45, 7) is 1.91. The van der Waals surface area contributed by atoms with Crippen LogP contribution in [0.2, 0.25) is 5.15 Å². The minimum absolute atomic E-state index is 0.0635. The van der Waals surface area contributed by atoms with E-state index in [4.69, 9.17) is 16.0 Å². The van der Waals surface area contributed by atoms with E-state index >= 15 is 0 Å². The van der Waals surface area contributed by atoms with Crippen molar-refractivity contribution in [3.05, 3.63) is 15.7 Å². The Labute approximate surface area is 107 Å². The monoisotopic (exact) mass is 292 g/mol. The minimum atomic E-state index is -0.681. The number of carbonyl (C=O) groups excluding carboxylic acids is 1. The van der Waals surface area contributed by atoms with Gasteiger partial charge in [-0.25, -0.2) is 4.79 Å². The van der Waals surface area contributed by atoms with Gasteiger partial charge in [-0.2, -0.15) is 9.37 Å². The molecule has 0 saturated carbocycles. The standard InChI is InChI=1S/C7H5ClN4O3S2/c1-2-14-6(13)4-10-11-7(15-4)9-5-3(8)12-17-16-5/h2H2,1H3/b9-5-. The predicted octanol–water partition coefficient (Wildman–Crippen LogP) is 1.65. The van der Waals surface area contributed by atoms with Crippen molar-refractivity contribution in [3.63, 3.8) is 0 Å². The summed E-state index contributed by atoms with van der Waals surface area (Å²) in [6, 6.07) is -0.0635. The van der Waals surface area contributed by atoms with E-state index in [9.17, 15) is 4.79 Å². The molecule has 0 aliphatic carbocycles. The molecule has 7 nitrogen and oxygen atoms in total. The minimum Gasteiger partial charge on any atom is -0.459 e. The molecule has 0 bridgehead atoms. The normalized spacial score (nSPS) is 11.8. The molecule has 17 heavy (non-hydrogen) atoms. The lowest BCUT2D eigenvalue weighted by molar-refractivity contribution is 0.0481. The van der Waals surface area contributed by atoms with E-state index in [0.29, 0.717) is 4.67 Å². The summed E-state index contributed by atoms with van der Waals surface area (Å²) in [7, 11) is 2.45. The van der Waals surface area contributed by atoms with Crippen LogP contribution in [-0.2, 0) is 4.74 Å². The number of hydrogen-bond donors (Lipinski definition) is 0. The van der Waals surface area contributed by atoms with Crippen molar-refractivity contribution in [2.75, 3.05) is 6.61 Å². The van der Waals surface area contributed by atoms with Gasteiger partial charge in [0.1, 0.15) is 0 Å². The summed E-state index contributed by atoms with van der Waals surface area (Å²) in [5.41, 5.74) is 0. The van der Waals surface area contributed by atoms with Crippen molar-refractivity contribution >= 4 is 44.5 Å². The van der Waals surface area contributed by atoms with Gasteiger partial charge in [-0.15, -0.1) is 0 Å². The van der Waals surface area contributed by atoms with Gasteiger partial charge in [-0.1, -0.05) is 21.8 Å². The third kappa shape index (κ3) is 2.87. The highest BCUT2D eigenvalue weighted by Crippen LogP contribution is 2.12. The Morgan fingerprint density at radius 2 is 2.41 bits per heavy atom. The van der Waals surface area contributed by atoms with Gasteiger partial charge < -0.3 is 9.15 Å². The lowest BCUT2D eigenvalue weighted by Crippen LogP contribution is -2.04. The topological polar surface area (TPSA) is 90.5 Å². The molecule has 0 amide bonds. The van der Waals surface area contributed by atoms with Crippen LogP contribution < -0.4 is 4.67 Å². The van der Waals surface area contributed by atoms with E-state index in [0.717, 1.165) is 0 Å². The molecule has 90 valence electrons. The molecule has 2 heterocycles. The fourth-order valence-corrected chi connectivity index (χ4v) is 2.81. The smallest absolute Gasteiger partial charge is 0.396 e. The molecular formula is C7H5ClN4O3S2. The zero-order valence-corrected chi connectivity index (χ0v) is 10.8. The maximum atomic E-state index is 11.2. The number of rotatable bonds is 3. The van der Waals surface area contributed by atoms with E-state index in [1.54, 1.807) is 6.92 Å². The SMILES string of the molecule is CCOC(=O)c1nnc(/N=c2\ssnc2Cl)o1. The van der Waals surface area contributed by atoms with Gasteiger partial charge in [0.2, 0.25) is 0 Å². The van der Waals surface area contributed by atoms with Crippen molar-refractivity contribution in [2.45, 2.75) is 6.92 Å². The molecular weight excluding hydrogens is 288 g/mol. The summed E-state index contributed by atoms with van der Waals surface area (Å²) in [4.78, 5) is 15.2. The average Bonchev–Trinajstić information content (AvgIpc) is 2.90. The van der Waals surface area contributed by atoms with Crippen LogP contribution in [0.3, 0.4) is 0 Å². The van der Waals surface area contributed by atoms with E-state index in [1.807, 2.05) is 0 Å². The molecule has 0 N–H and O–H groups in total. The Morgan fingerprint density at radius 3 is 3.06 bits per heavy atom. The van der Waals surface area contributed by atoms with Crippen molar-refractivity contribution < 1.29 is 13.9 Å². The Balaban J connectivity index is 2.25. The molecule has 0 saturated heterocycles. The fraction of sp³-hybridized carbons (Fsp3) is 0.286. The summed E-state index contributed by atoms with van der Waals surface area (Å²) < 4.78 is 14.0. The third-order valence-electron chi connectivity index (χ3n) is 1.47. The Bertz CT molecular complexity index is 590. The molecule has 0 aliphatic rings. The van der Waals surface area contributed by atoms with Crippen LogP contribution in [0.25, 0.3) is 0 Å². The largest absolute Gasteiger partial charge is 0.459 e. The predicted molar refractivity (Wildman–Crippen MR) is 60.5 cm³/mol. The maximum Gasteiger partial charge on any atom is 0.396 e. The third-order valence-corrected chi connectivity index (χ3v) is 3.64. The van der Waals surface area contributed by atoms with Gasteiger partial charge >= 0.3 is 17.9 Å². The van der Waals surface area contributed by atoms with E-state index in [-0.39, 0.29) is 23.7 Å². The molecule has 2 rings (SSSR count). The fourth-order valence-electron chi connectivity index (χ4n) is 0.848. The number of nitrogens with zero attached hydrogens (tertiary/aromatic N) is 4. The summed E-state index contributed by atoms with van der Waals surface area (Å²) in [5, 5.41) is 7.34. The highest BCUT2D eigenvalue weighted by atomic mass is 35.5. The van der Waals surface area contributed by atoms with Gasteiger partial charge in [0.05, 0.1) is 6.61 Å². The van der Waals surface area contributed by atoms with Crippen molar-refractivity contribution in [2.24, 2.45) is 4.99 Å². The zero-order chi connectivity index (χ0) is 12.3. The van der Waals surface area contributed by atoms with Crippen LogP contribution in [0, 0.1) is 0 Å². The van der Waals surface area contributed by atoms with Gasteiger partial charge in [0, 0.05) is 10.5 Å². The van der Waals surface area contributed by atoms with Gasteiger partial charge in [-0.05, 0) is 17.3 Å². The number of hydrogen-bond acceptors (Lipinski definition) is 9. The first-order valence-electron chi connectivity index (χ1n) is 4.37. The lowest BCUT2D eigenvalue weighted by atomic mass is 10.7. The van der Waals surface area contributed by atoms with Crippen LogP contribution in [0.4, 0.5) is 6.01 Å². The molecule has 0 spiro atoms. The summed E-state index contributed by atoms with van der Waals surface area (Å²) in [5.74, 6) is -0.922. The number of esters is 1. The van der Waals surface area contributed by atoms with Crippen LogP contribution >= 0.6 is 32.5 Å². The molecule has 0 fully saturated rings. The maximum absolute atomic E-state index is 11.2. The quantitative estimate of drug-likeness (QED) is 0.631. The molecule has 0 aromatic carbocycles. The molecule has 0 atom stereocenters. The van der Waals surface area contributed by atoms with Crippen molar-refractivity contribution in [1.82, 2.24) is 14.6 Å². The second-order valence-electron chi connectivity index (χ2n) is 2.57. The van der Waals surface area contributed by atoms with Gasteiger partial charge in [-0.3, -0.25) is 0 Å². The number of carbonyl (C=O) groups is 1. The highest BCUT2D eigenvalue weighted by molar-refractivity contribution is 7.66. The van der Waals surface area contributed by atoms with Gasteiger partial charge in [0.25, 0.3) is 0 Å². The number of halogens is 1. The van der Waals surface area contributed by atoms with Crippen LogP contribution in [0.5, 0.6) is 0 Å². The van der Waals surface area contributed by atoms with Crippen molar-refractivity contribution in [1.29, 1.82) is 0 Å². The number of aromatic nitrogens is 3. The Kier molecular flexibility index (Phi) is 3.82. The molecule has 2 aromatic rings. The Hall–Kier alpha value is -1.32. The summed E-state index contributed by atoms with van der Waals surface area (Å²) >= 11 is 5.74. The zero-order valence-electron chi connectivity index (χ0n) is 8.42. The van der Waals surface area contributed by atoms with Crippen LogP contribution in [-0.4, -0.2) is 27.1 Å². The molecule has 0 unspecified atom stereocenters. The lowest BCUT2D eigenvalue weighted by Gasteiger charge is -1.93. The van der Waals surface area contributed by atoms with Crippen molar-refractivity contribution in [3.8, 4) is 0 Å². The van der Waals surface area contributed by atoms with E-state index in [1.165, 1.54) is 20.9 Å². The first kappa shape index (κ1) is 12.1. The highest BCUT2D eigenvalue weighted by Gasteiger charge is 2.15. The first-order valence-corrected chi connectivity index (χ1v) is 6.86. The van der Waals surface area contributed by atoms with E-state index in [2.05, 4.69) is 24.3 Å². The first-order chi connectivity index (χ1) is 8.20. The van der Waals surface area contributed by atoms with Crippen LogP contribution in [0.15, 0.2) is 9.41 Å². The molecule has 0 aliphatic heterocycles. The molecule has 10 heteroatoms. The summed E-state index contributed by atoms with van der Waals surface area (Å²) in [6.07, 6.45) is 0. The second kappa shape index (κ2) is 5.34.